The summed E-state index contributed by atoms with van der Waals surface area (Å²) in [5, 5.41) is 0. The number of aliphatic imine (C=N–C) groups is 1. The fraction of sp³-hybridized carbons (Fsp3) is 0.400. The number of hydrogen-bond acceptors (Lipinski definition) is 7. The van der Waals surface area contributed by atoms with Crippen LogP contribution in [-0.2, 0) is 6.54 Å². The Kier molecular flexibility index (Phi) is 4.99. The highest BCUT2D eigenvalue weighted by molar-refractivity contribution is 5.78. The minimum atomic E-state index is 0.331. The van der Waals surface area contributed by atoms with Crippen molar-refractivity contribution < 1.29 is 4.74 Å². The number of nitrogens with zero attached hydrogens (tertiary/aromatic N) is 7. The Bertz CT molecular complexity index is 685. The van der Waals surface area contributed by atoms with Crippen LogP contribution < -0.4 is 15.4 Å². The lowest BCUT2D eigenvalue weighted by Crippen LogP contribution is -2.51. The smallest absolute Gasteiger partial charge is 0.316 e. The molecule has 1 saturated heterocycles. The Hall–Kier alpha value is -2.97. The number of anilines is 1. The molecule has 0 unspecified atom stereocenters. The molecule has 1 aliphatic heterocycles. The highest BCUT2D eigenvalue weighted by Gasteiger charge is 2.19. The number of guanidine groups is 1. The van der Waals surface area contributed by atoms with Gasteiger partial charge in [-0.3, -0.25) is 0 Å². The number of aromatic nitrogens is 4. The second kappa shape index (κ2) is 7.53. The standard InChI is InChI=1S/C15H20N8O/c1-24-15-19-6-3-12(21-15)11-20-13(16)22-7-9-23(10-8-22)14-17-4-2-5-18-14/h2-6H,7-11H2,1H3,(H2,16,20). The molecule has 0 atom stereocenters. The van der Waals surface area contributed by atoms with Crippen LogP contribution in [0.15, 0.2) is 35.7 Å². The van der Waals surface area contributed by atoms with Crippen LogP contribution in [0.25, 0.3) is 0 Å². The van der Waals surface area contributed by atoms with Crippen LogP contribution in [0.4, 0.5) is 5.95 Å². The number of rotatable bonds is 4. The molecule has 9 nitrogen and oxygen atoms in total. The lowest BCUT2D eigenvalue weighted by Gasteiger charge is -2.35. The number of hydrogen-bond donors (Lipinski definition) is 1. The molecular formula is C15H20N8O. The molecule has 126 valence electrons. The summed E-state index contributed by atoms with van der Waals surface area (Å²) in [6.45, 7) is 3.57. The van der Waals surface area contributed by atoms with Gasteiger partial charge in [0.25, 0.3) is 0 Å². The van der Waals surface area contributed by atoms with Crippen LogP contribution in [0.1, 0.15) is 5.69 Å². The van der Waals surface area contributed by atoms with E-state index in [4.69, 9.17) is 10.5 Å². The summed E-state index contributed by atoms with van der Waals surface area (Å²) in [6.07, 6.45) is 5.15. The first kappa shape index (κ1) is 15.9. The minimum Gasteiger partial charge on any atom is -0.467 e. The number of methoxy groups -OCH3 is 1. The van der Waals surface area contributed by atoms with Crippen molar-refractivity contribution in [3.63, 3.8) is 0 Å². The summed E-state index contributed by atoms with van der Waals surface area (Å²) in [7, 11) is 1.53. The summed E-state index contributed by atoms with van der Waals surface area (Å²) >= 11 is 0. The van der Waals surface area contributed by atoms with Crippen molar-refractivity contribution in [2.75, 3.05) is 38.2 Å². The minimum absolute atomic E-state index is 0.331. The van der Waals surface area contributed by atoms with E-state index in [-0.39, 0.29) is 0 Å². The van der Waals surface area contributed by atoms with Crippen molar-refractivity contribution in [3.05, 3.63) is 36.4 Å². The number of piperazine rings is 1. The molecule has 0 saturated carbocycles. The first-order valence-electron chi connectivity index (χ1n) is 7.69. The summed E-state index contributed by atoms with van der Waals surface area (Å²) < 4.78 is 5.00. The Labute approximate surface area is 140 Å². The van der Waals surface area contributed by atoms with E-state index in [1.54, 1.807) is 24.7 Å². The second-order valence-corrected chi connectivity index (χ2v) is 5.23. The average molecular weight is 328 g/mol. The van der Waals surface area contributed by atoms with Gasteiger partial charge in [-0.15, -0.1) is 0 Å². The average Bonchev–Trinajstić information content (AvgIpc) is 2.67. The highest BCUT2D eigenvalue weighted by Crippen LogP contribution is 2.10. The third-order valence-electron chi connectivity index (χ3n) is 3.72. The van der Waals surface area contributed by atoms with E-state index in [9.17, 15) is 0 Å². The van der Waals surface area contributed by atoms with Crippen molar-refractivity contribution >= 4 is 11.9 Å². The number of nitrogens with two attached hydrogens (primary N) is 1. The van der Waals surface area contributed by atoms with Crippen LogP contribution in [0.5, 0.6) is 6.01 Å². The van der Waals surface area contributed by atoms with E-state index in [0.29, 0.717) is 18.5 Å². The molecule has 0 bridgehead atoms. The van der Waals surface area contributed by atoms with Crippen molar-refractivity contribution in [2.45, 2.75) is 6.54 Å². The lowest BCUT2D eigenvalue weighted by atomic mass is 10.3. The summed E-state index contributed by atoms with van der Waals surface area (Å²) in [4.78, 5) is 25.3. The molecule has 0 aromatic carbocycles. The molecule has 3 heterocycles. The lowest BCUT2D eigenvalue weighted by molar-refractivity contribution is 0.375. The molecule has 0 radical (unpaired) electrons. The molecule has 0 amide bonds. The SMILES string of the molecule is COc1nccc(CN=C(N)N2CCN(c3ncccn3)CC2)n1. The highest BCUT2D eigenvalue weighted by atomic mass is 16.5. The largest absolute Gasteiger partial charge is 0.467 e. The van der Waals surface area contributed by atoms with E-state index < -0.39 is 0 Å². The van der Waals surface area contributed by atoms with Gasteiger partial charge in [0.2, 0.25) is 5.95 Å². The summed E-state index contributed by atoms with van der Waals surface area (Å²) in [6, 6.07) is 3.94. The monoisotopic (exact) mass is 328 g/mol. The van der Waals surface area contributed by atoms with Gasteiger partial charge in [0, 0.05) is 44.8 Å². The fourth-order valence-electron chi connectivity index (χ4n) is 2.41. The normalized spacial score (nSPS) is 15.5. The van der Waals surface area contributed by atoms with E-state index >= 15 is 0 Å². The first-order valence-corrected chi connectivity index (χ1v) is 7.69. The predicted octanol–water partition coefficient (Wildman–Crippen LogP) is -0.0879. The third kappa shape index (κ3) is 3.86. The van der Waals surface area contributed by atoms with E-state index in [1.165, 1.54) is 7.11 Å². The third-order valence-corrected chi connectivity index (χ3v) is 3.72. The molecule has 3 rings (SSSR count). The maximum atomic E-state index is 6.10. The molecule has 9 heteroatoms. The van der Waals surface area contributed by atoms with Crippen LogP contribution in [-0.4, -0.2) is 64.1 Å². The molecule has 2 N–H and O–H groups in total. The van der Waals surface area contributed by atoms with Gasteiger partial charge in [0.05, 0.1) is 19.3 Å². The molecule has 1 aliphatic rings. The summed E-state index contributed by atoms with van der Waals surface area (Å²) in [5.41, 5.74) is 6.87. The van der Waals surface area contributed by atoms with Gasteiger partial charge in [-0.2, -0.15) is 4.98 Å². The first-order chi connectivity index (χ1) is 11.8. The van der Waals surface area contributed by atoms with Crippen LogP contribution in [0.2, 0.25) is 0 Å². The van der Waals surface area contributed by atoms with E-state index in [1.807, 2.05) is 6.07 Å². The molecule has 2 aromatic rings. The Morgan fingerprint density at radius 2 is 1.92 bits per heavy atom. The quantitative estimate of drug-likeness (QED) is 0.613. The van der Waals surface area contributed by atoms with Crippen LogP contribution >= 0.6 is 0 Å². The summed E-state index contributed by atoms with van der Waals surface area (Å²) in [5.74, 6) is 1.27. The maximum absolute atomic E-state index is 6.10. The van der Waals surface area contributed by atoms with E-state index in [2.05, 4.69) is 34.7 Å². The second-order valence-electron chi connectivity index (χ2n) is 5.23. The van der Waals surface area contributed by atoms with Crippen molar-refractivity contribution in [2.24, 2.45) is 10.7 Å². The van der Waals surface area contributed by atoms with Crippen molar-refractivity contribution in [1.82, 2.24) is 24.8 Å². The Balaban J connectivity index is 1.55. The molecule has 0 spiro atoms. The van der Waals surface area contributed by atoms with Gasteiger partial charge in [0.15, 0.2) is 5.96 Å². The zero-order chi connectivity index (χ0) is 16.8. The van der Waals surface area contributed by atoms with Gasteiger partial charge >= 0.3 is 6.01 Å². The fourth-order valence-corrected chi connectivity index (χ4v) is 2.41. The van der Waals surface area contributed by atoms with E-state index in [0.717, 1.165) is 37.8 Å². The van der Waals surface area contributed by atoms with Gasteiger partial charge in [-0.1, -0.05) is 0 Å². The molecular weight excluding hydrogens is 308 g/mol. The van der Waals surface area contributed by atoms with Crippen molar-refractivity contribution in [1.29, 1.82) is 0 Å². The molecule has 24 heavy (non-hydrogen) atoms. The Morgan fingerprint density at radius 3 is 2.62 bits per heavy atom. The predicted molar refractivity (Wildman–Crippen MR) is 89.7 cm³/mol. The van der Waals surface area contributed by atoms with Crippen LogP contribution in [0.3, 0.4) is 0 Å². The van der Waals surface area contributed by atoms with Gasteiger partial charge in [-0.05, 0) is 12.1 Å². The molecule has 2 aromatic heterocycles. The van der Waals surface area contributed by atoms with Gasteiger partial charge in [-0.25, -0.2) is 19.9 Å². The molecule has 1 fully saturated rings. The van der Waals surface area contributed by atoms with Crippen LogP contribution in [0, 0.1) is 0 Å². The topological polar surface area (TPSA) is 106 Å². The maximum Gasteiger partial charge on any atom is 0.316 e. The zero-order valence-corrected chi connectivity index (χ0v) is 13.5. The Morgan fingerprint density at radius 1 is 1.17 bits per heavy atom. The number of ether oxygens (including phenoxy) is 1. The zero-order valence-electron chi connectivity index (χ0n) is 13.5. The molecule has 0 aliphatic carbocycles. The van der Waals surface area contributed by atoms with Crippen molar-refractivity contribution in [3.8, 4) is 6.01 Å². The van der Waals surface area contributed by atoms with Gasteiger partial charge < -0.3 is 20.3 Å². The van der Waals surface area contributed by atoms with Gasteiger partial charge in [0.1, 0.15) is 0 Å².